The molecular weight excluding hydrogens is 494 g/mol. The number of rotatable bonds is 4. The molecule has 3 rings (SSSR count). The third-order valence-corrected chi connectivity index (χ3v) is 6.80. The van der Waals surface area contributed by atoms with Gasteiger partial charge in [0.25, 0.3) is 5.91 Å². The molecular formula is C27H38ClN5O4. The molecule has 0 bridgehead atoms. The lowest BCUT2D eigenvalue weighted by atomic mass is 10.0. The molecule has 0 spiro atoms. The molecule has 2 heterocycles. The molecule has 2 aromatic rings. The van der Waals surface area contributed by atoms with Crippen molar-refractivity contribution in [2.75, 3.05) is 26.2 Å². The van der Waals surface area contributed by atoms with Crippen molar-refractivity contribution in [2.24, 2.45) is 13.0 Å². The second-order valence-electron chi connectivity index (χ2n) is 10.1. The maximum atomic E-state index is 13.3. The second kappa shape index (κ2) is 12.9. The summed E-state index contributed by atoms with van der Waals surface area (Å²) in [5.74, 6) is 0.0911. The Morgan fingerprint density at radius 1 is 1.24 bits per heavy atom. The highest BCUT2D eigenvalue weighted by Crippen LogP contribution is 2.24. The average molecular weight is 532 g/mol. The Bertz CT molecular complexity index is 1130. The Morgan fingerprint density at radius 3 is 2.68 bits per heavy atom. The number of benzene rings is 1. The molecule has 37 heavy (non-hydrogen) atoms. The van der Waals surface area contributed by atoms with Gasteiger partial charge in [-0.15, -0.1) is 0 Å². The van der Waals surface area contributed by atoms with Crippen LogP contribution in [-0.4, -0.2) is 64.7 Å². The minimum atomic E-state index is -0.288. The summed E-state index contributed by atoms with van der Waals surface area (Å²) < 4.78 is 7.77. The van der Waals surface area contributed by atoms with Gasteiger partial charge in [0.15, 0.2) is 0 Å². The second-order valence-corrected chi connectivity index (χ2v) is 10.5. The topological polar surface area (TPSA) is 106 Å². The minimum Gasteiger partial charge on any atom is -0.491 e. The third kappa shape index (κ3) is 7.95. The van der Waals surface area contributed by atoms with Crippen LogP contribution >= 0.6 is 11.6 Å². The van der Waals surface area contributed by atoms with Gasteiger partial charge in [0.05, 0.1) is 30.3 Å². The molecule has 0 fully saturated rings. The lowest BCUT2D eigenvalue weighted by molar-refractivity contribution is -0.136. The van der Waals surface area contributed by atoms with E-state index < -0.39 is 0 Å². The zero-order valence-corrected chi connectivity index (χ0v) is 23.2. The maximum Gasteiger partial charge on any atom is 0.255 e. The average Bonchev–Trinajstić information content (AvgIpc) is 3.06. The van der Waals surface area contributed by atoms with Crippen LogP contribution in [0.5, 0.6) is 5.75 Å². The van der Waals surface area contributed by atoms with E-state index in [4.69, 9.17) is 16.3 Å². The van der Waals surface area contributed by atoms with Gasteiger partial charge in [0.2, 0.25) is 11.8 Å². The Hall–Kier alpha value is -3.07. The predicted octanol–water partition coefficient (Wildman–Crippen LogP) is 3.19. The van der Waals surface area contributed by atoms with E-state index >= 15 is 0 Å². The molecule has 3 amide bonds. The molecule has 1 aliphatic heterocycles. The molecule has 0 saturated carbocycles. The van der Waals surface area contributed by atoms with Crippen LogP contribution in [0.3, 0.4) is 0 Å². The van der Waals surface area contributed by atoms with Gasteiger partial charge < -0.3 is 20.3 Å². The summed E-state index contributed by atoms with van der Waals surface area (Å²) in [6, 6.07) is 4.65. The standard InChI is InChI=1S/C27H38ClN5O4/c1-17(2)12-21-16-37-24-9-8-20(28)13-23(24)27(36)29-10-6-7-11-33(15-25(34)30-21)26(35)14-22-18(3)31-32(5)19(22)4/h8-9,13,17,21H,6-7,10-12,14-16H2,1-5H3,(H,29,36)(H,30,34)/t21-/m0/s1. The molecule has 1 aromatic heterocycles. The summed E-state index contributed by atoms with van der Waals surface area (Å²) >= 11 is 6.14. The highest BCUT2D eigenvalue weighted by atomic mass is 35.5. The van der Waals surface area contributed by atoms with E-state index in [1.165, 1.54) is 0 Å². The number of carbonyl (C=O) groups is 3. The summed E-state index contributed by atoms with van der Waals surface area (Å²) in [6.45, 7) is 8.95. The number of hydrogen-bond donors (Lipinski definition) is 2. The van der Waals surface area contributed by atoms with Crippen molar-refractivity contribution in [3.05, 3.63) is 45.7 Å². The first kappa shape index (κ1) is 28.5. The van der Waals surface area contributed by atoms with Crippen LogP contribution in [-0.2, 0) is 23.1 Å². The van der Waals surface area contributed by atoms with Crippen molar-refractivity contribution in [3.63, 3.8) is 0 Å². The lowest BCUT2D eigenvalue weighted by Crippen LogP contribution is -2.47. The smallest absolute Gasteiger partial charge is 0.255 e. The number of nitrogens with one attached hydrogen (secondary N) is 2. The van der Waals surface area contributed by atoms with Crippen molar-refractivity contribution < 1.29 is 19.1 Å². The van der Waals surface area contributed by atoms with Crippen LogP contribution in [0, 0.1) is 19.8 Å². The van der Waals surface area contributed by atoms with E-state index in [9.17, 15) is 14.4 Å². The van der Waals surface area contributed by atoms with E-state index in [-0.39, 0.29) is 43.3 Å². The number of halogens is 1. The zero-order chi connectivity index (χ0) is 27.1. The first-order valence-corrected chi connectivity index (χ1v) is 13.2. The van der Waals surface area contributed by atoms with Gasteiger partial charge in [0.1, 0.15) is 12.4 Å². The fourth-order valence-electron chi connectivity index (χ4n) is 4.53. The predicted molar refractivity (Wildman–Crippen MR) is 143 cm³/mol. The monoisotopic (exact) mass is 531 g/mol. The number of aryl methyl sites for hydroxylation is 2. The summed E-state index contributed by atoms with van der Waals surface area (Å²) in [5, 5.41) is 10.8. The molecule has 1 aromatic carbocycles. The zero-order valence-electron chi connectivity index (χ0n) is 22.4. The van der Waals surface area contributed by atoms with Crippen LogP contribution in [0.2, 0.25) is 5.02 Å². The molecule has 1 aliphatic rings. The molecule has 0 unspecified atom stereocenters. The van der Waals surface area contributed by atoms with Crippen LogP contribution in [0.25, 0.3) is 0 Å². The third-order valence-electron chi connectivity index (χ3n) is 6.56. The van der Waals surface area contributed by atoms with Crippen molar-refractivity contribution >= 4 is 29.3 Å². The first-order chi connectivity index (χ1) is 17.5. The Morgan fingerprint density at radius 2 is 2.00 bits per heavy atom. The van der Waals surface area contributed by atoms with E-state index in [0.717, 1.165) is 17.0 Å². The quantitative estimate of drug-likeness (QED) is 0.630. The molecule has 1 atom stereocenters. The van der Waals surface area contributed by atoms with E-state index in [1.54, 1.807) is 27.8 Å². The van der Waals surface area contributed by atoms with Crippen LogP contribution in [0.1, 0.15) is 60.4 Å². The van der Waals surface area contributed by atoms with Crippen molar-refractivity contribution in [2.45, 2.75) is 59.4 Å². The number of nitrogens with zero attached hydrogens (tertiary/aromatic N) is 3. The van der Waals surface area contributed by atoms with Gasteiger partial charge in [0, 0.05) is 36.4 Å². The molecule has 2 N–H and O–H groups in total. The molecule has 10 heteroatoms. The fraction of sp³-hybridized carbons (Fsp3) is 0.556. The fourth-order valence-corrected chi connectivity index (χ4v) is 4.71. The number of hydrogen-bond acceptors (Lipinski definition) is 5. The van der Waals surface area contributed by atoms with E-state index in [2.05, 4.69) is 29.6 Å². The molecule has 0 saturated heterocycles. The van der Waals surface area contributed by atoms with Gasteiger partial charge in [-0.25, -0.2) is 0 Å². The summed E-state index contributed by atoms with van der Waals surface area (Å²) in [4.78, 5) is 40.9. The SMILES string of the molecule is Cc1nn(C)c(C)c1CC(=O)N1CCCCNC(=O)c2cc(Cl)ccc2OC[C@H](CC(C)C)NC(=O)C1. The van der Waals surface area contributed by atoms with E-state index in [1.807, 2.05) is 20.9 Å². The minimum absolute atomic E-state index is 0.0374. The Labute approximate surface area is 223 Å². The molecule has 0 radical (unpaired) electrons. The normalized spacial score (nSPS) is 17.8. The van der Waals surface area contributed by atoms with E-state index in [0.29, 0.717) is 54.6 Å². The van der Waals surface area contributed by atoms with Crippen molar-refractivity contribution in [1.29, 1.82) is 0 Å². The number of amides is 3. The van der Waals surface area contributed by atoms with Crippen LogP contribution in [0.4, 0.5) is 0 Å². The lowest BCUT2D eigenvalue weighted by Gasteiger charge is -2.25. The van der Waals surface area contributed by atoms with Gasteiger partial charge >= 0.3 is 0 Å². The maximum absolute atomic E-state index is 13.3. The van der Waals surface area contributed by atoms with Gasteiger partial charge in [-0.3, -0.25) is 19.1 Å². The summed E-state index contributed by atoms with van der Waals surface area (Å²) in [6.07, 6.45) is 2.15. The molecule has 9 nitrogen and oxygen atoms in total. The first-order valence-electron chi connectivity index (χ1n) is 12.8. The number of fused-ring (bicyclic) bond motifs is 1. The van der Waals surface area contributed by atoms with Crippen molar-refractivity contribution in [3.8, 4) is 5.75 Å². The Kier molecular flexibility index (Phi) is 9.97. The van der Waals surface area contributed by atoms with Gasteiger partial charge in [-0.1, -0.05) is 25.4 Å². The number of carbonyl (C=O) groups excluding carboxylic acids is 3. The molecule has 0 aliphatic carbocycles. The van der Waals surface area contributed by atoms with Crippen LogP contribution in [0.15, 0.2) is 18.2 Å². The van der Waals surface area contributed by atoms with Gasteiger partial charge in [-0.05, 0) is 57.2 Å². The van der Waals surface area contributed by atoms with Crippen molar-refractivity contribution in [1.82, 2.24) is 25.3 Å². The highest BCUT2D eigenvalue weighted by molar-refractivity contribution is 6.31. The largest absolute Gasteiger partial charge is 0.491 e. The summed E-state index contributed by atoms with van der Waals surface area (Å²) in [7, 11) is 1.85. The molecule has 202 valence electrons. The highest BCUT2D eigenvalue weighted by Gasteiger charge is 2.24. The van der Waals surface area contributed by atoms with Gasteiger partial charge in [-0.2, -0.15) is 5.10 Å². The van der Waals surface area contributed by atoms with Crippen LogP contribution < -0.4 is 15.4 Å². The summed E-state index contributed by atoms with van der Waals surface area (Å²) in [5.41, 5.74) is 2.99. The number of ether oxygens (including phenoxy) is 1. The number of aromatic nitrogens is 2. The Balaban J connectivity index is 1.80.